The van der Waals surface area contributed by atoms with Gasteiger partial charge in [0.15, 0.2) is 5.96 Å². The quantitative estimate of drug-likeness (QED) is 0.381. The third kappa shape index (κ3) is 4.87. The molecule has 1 heterocycles. The van der Waals surface area contributed by atoms with Crippen LogP contribution in [-0.4, -0.2) is 61.6 Å². The molecular weight excluding hydrogens is 278 g/mol. The minimum atomic E-state index is 0.0332. The maximum absolute atomic E-state index is 11.5. The third-order valence-corrected chi connectivity index (χ3v) is 4.44. The first-order chi connectivity index (χ1) is 10.5. The van der Waals surface area contributed by atoms with Gasteiger partial charge in [-0.15, -0.1) is 0 Å². The van der Waals surface area contributed by atoms with Crippen molar-refractivity contribution in [2.45, 2.75) is 58.2 Å². The first-order valence-corrected chi connectivity index (χ1v) is 8.52. The Morgan fingerprint density at radius 1 is 1.27 bits per heavy atom. The van der Waals surface area contributed by atoms with E-state index in [1.165, 1.54) is 19.3 Å². The number of nitrogens with zero attached hydrogens (tertiary/aromatic N) is 2. The van der Waals surface area contributed by atoms with Gasteiger partial charge in [0.05, 0.1) is 0 Å². The molecule has 3 N–H and O–H groups in total. The number of guanidine groups is 1. The number of carbonyl (C=O) groups excluding carboxylic acids is 1. The van der Waals surface area contributed by atoms with Gasteiger partial charge in [0, 0.05) is 50.7 Å². The van der Waals surface area contributed by atoms with E-state index in [-0.39, 0.29) is 11.8 Å². The SMILES string of the molecule is CN=C(NCCNC(=O)C(C)C)NC1CC(C)N(C2CC2)C1. The molecule has 0 spiro atoms. The number of amides is 1. The van der Waals surface area contributed by atoms with E-state index in [1.807, 2.05) is 13.8 Å². The van der Waals surface area contributed by atoms with Crippen LogP contribution in [0.4, 0.5) is 0 Å². The highest BCUT2D eigenvalue weighted by Crippen LogP contribution is 2.33. The topological polar surface area (TPSA) is 68.8 Å². The van der Waals surface area contributed by atoms with E-state index in [2.05, 4.69) is 32.8 Å². The van der Waals surface area contributed by atoms with Crippen molar-refractivity contribution >= 4 is 11.9 Å². The summed E-state index contributed by atoms with van der Waals surface area (Å²) in [5.41, 5.74) is 0. The molecule has 1 saturated heterocycles. The summed E-state index contributed by atoms with van der Waals surface area (Å²) in [6.07, 6.45) is 3.89. The average Bonchev–Trinajstić information content (AvgIpc) is 3.25. The normalized spacial score (nSPS) is 26.3. The lowest BCUT2D eigenvalue weighted by Gasteiger charge is -2.20. The van der Waals surface area contributed by atoms with Crippen LogP contribution in [0, 0.1) is 5.92 Å². The highest BCUT2D eigenvalue weighted by atomic mass is 16.1. The number of rotatable bonds is 6. The summed E-state index contributed by atoms with van der Waals surface area (Å²) in [4.78, 5) is 18.4. The molecule has 126 valence electrons. The van der Waals surface area contributed by atoms with Crippen molar-refractivity contribution in [3.63, 3.8) is 0 Å². The van der Waals surface area contributed by atoms with Crippen LogP contribution in [0.25, 0.3) is 0 Å². The van der Waals surface area contributed by atoms with Crippen molar-refractivity contribution in [3.8, 4) is 0 Å². The molecule has 1 aliphatic heterocycles. The van der Waals surface area contributed by atoms with E-state index in [0.717, 1.165) is 18.5 Å². The van der Waals surface area contributed by atoms with Crippen molar-refractivity contribution in [1.82, 2.24) is 20.9 Å². The lowest BCUT2D eigenvalue weighted by Crippen LogP contribution is -2.46. The van der Waals surface area contributed by atoms with Gasteiger partial charge in [0.1, 0.15) is 0 Å². The predicted octanol–water partition coefficient (Wildman–Crippen LogP) is 0.549. The van der Waals surface area contributed by atoms with Gasteiger partial charge < -0.3 is 16.0 Å². The Balaban J connectivity index is 1.66. The summed E-state index contributed by atoms with van der Waals surface area (Å²) in [6.45, 7) is 8.53. The first kappa shape index (κ1) is 17.1. The Hall–Kier alpha value is -1.30. The van der Waals surface area contributed by atoms with Crippen LogP contribution in [0.1, 0.15) is 40.0 Å². The molecule has 22 heavy (non-hydrogen) atoms. The third-order valence-electron chi connectivity index (χ3n) is 4.44. The largest absolute Gasteiger partial charge is 0.355 e. The summed E-state index contributed by atoms with van der Waals surface area (Å²) in [7, 11) is 1.79. The van der Waals surface area contributed by atoms with E-state index in [0.29, 0.717) is 25.2 Å². The molecule has 0 aromatic carbocycles. The van der Waals surface area contributed by atoms with Gasteiger partial charge in [-0.3, -0.25) is 14.7 Å². The molecule has 1 saturated carbocycles. The van der Waals surface area contributed by atoms with E-state index < -0.39 is 0 Å². The molecule has 0 aromatic rings. The van der Waals surface area contributed by atoms with E-state index >= 15 is 0 Å². The van der Waals surface area contributed by atoms with Gasteiger partial charge in [-0.2, -0.15) is 0 Å². The summed E-state index contributed by atoms with van der Waals surface area (Å²) in [6, 6.07) is 1.95. The standard InChI is InChI=1S/C16H31N5O/c1-11(2)15(22)18-7-8-19-16(17-4)20-13-9-12(3)21(10-13)14-5-6-14/h11-14H,5-10H2,1-4H3,(H,18,22)(H2,17,19,20). The average molecular weight is 309 g/mol. The summed E-state index contributed by atoms with van der Waals surface area (Å²) in [5.74, 6) is 0.953. The fourth-order valence-corrected chi connectivity index (χ4v) is 3.03. The highest BCUT2D eigenvalue weighted by molar-refractivity contribution is 5.80. The van der Waals surface area contributed by atoms with Crippen LogP contribution in [0.3, 0.4) is 0 Å². The molecule has 2 unspecified atom stereocenters. The smallest absolute Gasteiger partial charge is 0.222 e. The van der Waals surface area contributed by atoms with Gasteiger partial charge in [-0.05, 0) is 26.2 Å². The van der Waals surface area contributed by atoms with E-state index in [4.69, 9.17) is 0 Å². The fourth-order valence-electron chi connectivity index (χ4n) is 3.03. The minimum Gasteiger partial charge on any atom is -0.355 e. The molecule has 2 atom stereocenters. The Bertz CT molecular complexity index is 405. The summed E-state index contributed by atoms with van der Waals surface area (Å²) < 4.78 is 0. The zero-order chi connectivity index (χ0) is 16.1. The molecule has 6 heteroatoms. The Kier molecular flexibility index (Phi) is 6.06. The number of hydrogen-bond acceptors (Lipinski definition) is 3. The zero-order valence-electron chi connectivity index (χ0n) is 14.4. The molecular formula is C16H31N5O. The Labute approximate surface area is 134 Å². The first-order valence-electron chi connectivity index (χ1n) is 8.52. The van der Waals surface area contributed by atoms with Gasteiger partial charge in [-0.25, -0.2) is 0 Å². The van der Waals surface area contributed by atoms with Crippen LogP contribution >= 0.6 is 0 Å². The minimum absolute atomic E-state index is 0.0332. The predicted molar refractivity (Wildman–Crippen MR) is 89.9 cm³/mol. The molecule has 2 aliphatic rings. The maximum Gasteiger partial charge on any atom is 0.222 e. The number of carbonyl (C=O) groups is 1. The lowest BCUT2D eigenvalue weighted by atomic mass is 10.2. The molecule has 1 aliphatic carbocycles. The number of nitrogens with one attached hydrogen (secondary N) is 3. The molecule has 6 nitrogen and oxygen atoms in total. The van der Waals surface area contributed by atoms with Crippen molar-refractivity contribution < 1.29 is 4.79 Å². The van der Waals surface area contributed by atoms with Crippen molar-refractivity contribution in [2.75, 3.05) is 26.7 Å². The zero-order valence-corrected chi connectivity index (χ0v) is 14.4. The molecule has 2 rings (SSSR count). The van der Waals surface area contributed by atoms with Crippen LogP contribution in [0.5, 0.6) is 0 Å². The molecule has 0 radical (unpaired) electrons. The molecule has 2 fully saturated rings. The van der Waals surface area contributed by atoms with Crippen LogP contribution < -0.4 is 16.0 Å². The van der Waals surface area contributed by atoms with Crippen LogP contribution in [0.2, 0.25) is 0 Å². The van der Waals surface area contributed by atoms with Gasteiger partial charge in [0.2, 0.25) is 5.91 Å². The second kappa shape index (κ2) is 7.81. The van der Waals surface area contributed by atoms with Crippen LogP contribution in [-0.2, 0) is 4.79 Å². The number of aliphatic imine (C=N–C) groups is 1. The van der Waals surface area contributed by atoms with Crippen LogP contribution in [0.15, 0.2) is 4.99 Å². The molecule has 0 bridgehead atoms. The van der Waals surface area contributed by atoms with Gasteiger partial charge in [-0.1, -0.05) is 13.8 Å². The maximum atomic E-state index is 11.5. The molecule has 0 aromatic heterocycles. The Morgan fingerprint density at radius 3 is 2.55 bits per heavy atom. The highest BCUT2D eigenvalue weighted by Gasteiger charge is 2.38. The van der Waals surface area contributed by atoms with Crippen molar-refractivity contribution in [1.29, 1.82) is 0 Å². The summed E-state index contributed by atoms with van der Waals surface area (Å²) >= 11 is 0. The van der Waals surface area contributed by atoms with E-state index in [1.54, 1.807) is 7.05 Å². The van der Waals surface area contributed by atoms with Crippen molar-refractivity contribution in [3.05, 3.63) is 0 Å². The number of hydrogen-bond donors (Lipinski definition) is 3. The van der Waals surface area contributed by atoms with Gasteiger partial charge >= 0.3 is 0 Å². The molecule has 1 amide bonds. The summed E-state index contributed by atoms with van der Waals surface area (Å²) in [5, 5.41) is 9.67. The van der Waals surface area contributed by atoms with Crippen molar-refractivity contribution in [2.24, 2.45) is 10.9 Å². The second-order valence-corrected chi connectivity index (χ2v) is 6.80. The Morgan fingerprint density at radius 2 is 1.95 bits per heavy atom. The monoisotopic (exact) mass is 309 g/mol. The van der Waals surface area contributed by atoms with E-state index in [9.17, 15) is 4.79 Å². The second-order valence-electron chi connectivity index (χ2n) is 6.80. The lowest BCUT2D eigenvalue weighted by molar-refractivity contribution is -0.123. The fraction of sp³-hybridized carbons (Fsp3) is 0.875. The number of likely N-dealkylation sites (tertiary alicyclic amines) is 1. The van der Waals surface area contributed by atoms with Gasteiger partial charge in [0.25, 0.3) is 0 Å².